The summed E-state index contributed by atoms with van der Waals surface area (Å²) in [6.07, 6.45) is 3.54. The fraction of sp³-hybridized carbons (Fsp3) is 0.571. The lowest BCUT2D eigenvalue weighted by molar-refractivity contribution is 0.533. The van der Waals surface area contributed by atoms with Crippen LogP contribution in [-0.2, 0) is 0 Å². The average molecular weight is 302 g/mol. The molecular weight excluding hydrogens is 284 g/mol. The number of hydrogen-bond donors (Lipinski definition) is 0. The highest BCUT2D eigenvalue weighted by molar-refractivity contribution is 7.09. The molecule has 2 aliphatic rings. The van der Waals surface area contributed by atoms with E-state index >= 15 is 0 Å². The summed E-state index contributed by atoms with van der Waals surface area (Å²) in [5.74, 6) is 3.37. The summed E-state index contributed by atoms with van der Waals surface area (Å²) >= 11 is 1.52. The Morgan fingerprint density at radius 1 is 1.10 bits per heavy atom. The molecule has 0 aliphatic carbocycles. The molecule has 2 atom stereocenters. The molecule has 0 spiro atoms. The van der Waals surface area contributed by atoms with Gasteiger partial charge in [0.05, 0.1) is 0 Å². The lowest BCUT2D eigenvalue weighted by Gasteiger charge is -2.22. The SMILES string of the molecule is Cc1nsc(N2CC3CN(c4ncncc4C)CC3C2)n1. The van der Waals surface area contributed by atoms with Crippen LogP contribution in [0.4, 0.5) is 10.9 Å². The Kier molecular flexibility index (Phi) is 3.02. The Morgan fingerprint density at radius 3 is 2.43 bits per heavy atom. The zero-order chi connectivity index (χ0) is 14.4. The molecule has 0 amide bonds. The second-order valence-electron chi connectivity index (χ2n) is 5.98. The minimum Gasteiger partial charge on any atom is -0.356 e. The number of aromatic nitrogens is 4. The van der Waals surface area contributed by atoms with Crippen LogP contribution >= 0.6 is 11.5 Å². The second kappa shape index (κ2) is 4.91. The molecule has 0 bridgehead atoms. The summed E-state index contributed by atoms with van der Waals surface area (Å²) in [5, 5.41) is 1.08. The van der Waals surface area contributed by atoms with E-state index in [4.69, 9.17) is 0 Å². The number of rotatable bonds is 2. The third-order valence-corrected chi connectivity index (χ3v) is 5.31. The molecule has 0 saturated carbocycles. The Labute approximate surface area is 128 Å². The Hall–Kier alpha value is -1.76. The molecule has 4 heterocycles. The number of fused-ring (bicyclic) bond motifs is 1. The van der Waals surface area contributed by atoms with E-state index in [1.54, 1.807) is 6.33 Å². The first-order chi connectivity index (χ1) is 10.2. The first kappa shape index (κ1) is 12.9. The van der Waals surface area contributed by atoms with E-state index in [2.05, 4.69) is 36.0 Å². The largest absolute Gasteiger partial charge is 0.356 e. The van der Waals surface area contributed by atoms with Crippen molar-refractivity contribution in [1.29, 1.82) is 0 Å². The molecular formula is C14H18N6S. The van der Waals surface area contributed by atoms with Crippen LogP contribution in [-0.4, -0.2) is 45.5 Å². The highest BCUT2D eigenvalue weighted by atomic mass is 32.1. The number of aryl methyl sites for hydroxylation is 2. The van der Waals surface area contributed by atoms with E-state index in [9.17, 15) is 0 Å². The van der Waals surface area contributed by atoms with Crippen LogP contribution in [0.3, 0.4) is 0 Å². The van der Waals surface area contributed by atoms with Crippen molar-refractivity contribution < 1.29 is 0 Å². The fourth-order valence-corrected chi connectivity index (χ4v) is 4.15. The standard InChI is InChI=1S/C14H18N6S/c1-9-3-15-8-16-13(9)19-4-11-6-20(7-12(11)5-19)14-17-10(2)18-21-14/h3,8,11-12H,4-7H2,1-2H3. The molecule has 2 fully saturated rings. The van der Waals surface area contributed by atoms with Gasteiger partial charge >= 0.3 is 0 Å². The van der Waals surface area contributed by atoms with Gasteiger partial charge in [-0.3, -0.25) is 0 Å². The molecule has 2 aromatic rings. The van der Waals surface area contributed by atoms with Crippen molar-refractivity contribution in [2.45, 2.75) is 13.8 Å². The van der Waals surface area contributed by atoms with Gasteiger partial charge in [0.2, 0.25) is 5.13 Å². The summed E-state index contributed by atoms with van der Waals surface area (Å²) in [5.41, 5.74) is 1.16. The predicted octanol–water partition coefficient (Wildman–Crippen LogP) is 1.52. The van der Waals surface area contributed by atoms with Gasteiger partial charge in [-0.1, -0.05) is 0 Å². The van der Waals surface area contributed by atoms with Gasteiger partial charge in [0.25, 0.3) is 0 Å². The maximum Gasteiger partial charge on any atom is 0.205 e. The molecule has 2 saturated heterocycles. The fourth-order valence-electron chi connectivity index (χ4n) is 3.46. The lowest BCUT2D eigenvalue weighted by atomic mass is 10.0. The van der Waals surface area contributed by atoms with Crippen molar-refractivity contribution in [2.75, 3.05) is 36.0 Å². The highest BCUT2D eigenvalue weighted by Gasteiger charge is 2.41. The van der Waals surface area contributed by atoms with Crippen LogP contribution in [0.5, 0.6) is 0 Å². The molecule has 0 aromatic carbocycles. The topological polar surface area (TPSA) is 58.0 Å². The molecule has 7 heteroatoms. The van der Waals surface area contributed by atoms with Crippen LogP contribution < -0.4 is 9.80 Å². The van der Waals surface area contributed by atoms with Crippen molar-refractivity contribution in [3.63, 3.8) is 0 Å². The smallest absolute Gasteiger partial charge is 0.205 e. The van der Waals surface area contributed by atoms with Gasteiger partial charge in [0.1, 0.15) is 18.0 Å². The summed E-state index contributed by atoms with van der Waals surface area (Å²) in [6.45, 7) is 8.36. The van der Waals surface area contributed by atoms with Gasteiger partial charge < -0.3 is 9.80 Å². The van der Waals surface area contributed by atoms with Crippen LogP contribution in [0.2, 0.25) is 0 Å². The molecule has 2 unspecified atom stereocenters. The molecule has 2 aromatic heterocycles. The Balaban J connectivity index is 1.47. The molecule has 6 nitrogen and oxygen atoms in total. The van der Waals surface area contributed by atoms with Gasteiger partial charge in [-0.05, 0) is 13.8 Å². The minimum absolute atomic E-state index is 0.698. The maximum atomic E-state index is 4.51. The van der Waals surface area contributed by atoms with Gasteiger partial charge in [0.15, 0.2) is 0 Å². The van der Waals surface area contributed by atoms with Crippen LogP contribution in [0.25, 0.3) is 0 Å². The van der Waals surface area contributed by atoms with E-state index in [1.807, 2.05) is 13.1 Å². The summed E-state index contributed by atoms with van der Waals surface area (Å²) in [7, 11) is 0. The van der Waals surface area contributed by atoms with E-state index in [0.717, 1.165) is 48.5 Å². The van der Waals surface area contributed by atoms with Gasteiger partial charge in [-0.25, -0.2) is 15.0 Å². The van der Waals surface area contributed by atoms with Crippen LogP contribution in [0, 0.1) is 25.7 Å². The zero-order valence-corrected chi connectivity index (χ0v) is 13.0. The van der Waals surface area contributed by atoms with Crippen LogP contribution in [0.1, 0.15) is 11.4 Å². The van der Waals surface area contributed by atoms with Gasteiger partial charge in [-0.15, -0.1) is 0 Å². The quantitative estimate of drug-likeness (QED) is 0.838. The monoisotopic (exact) mass is 302 g/mol. The normalized spacial score (nSPS) is 24.7. The van der Waals surface area contributed by atoms with Gasteiger partial charge in [0, 0.05) is 61.3 Å². The third-order valence-electron chi connectivity index (χ3n) is 4.44. The summed E-state index contributed by atoms with van der Waals surface area (Å²) < 4.78 is 4.29. The molecule has 2 aliphatic heterocycles. The van der Waals surface area contributed by atoms with Crippen molar-refractivity contribution in [3.05, 3.63) is 23.9 Å². The maximum absolute atomic E-state index is 4.51. The number of anilines is 2. The highest BCUT2D eigenvalue weighted by Crippen LogP contribution is 2.36. The molecule has 110 valence electrons. The van der Waals surface area contributed by atoms with E-state index < -0.39 is 0 Å². The number of nitrogens with zero attached hydrogens (tertiary/aromatic N) is 6. The first-order valence-electron chi connectivity index (χ1n) is 7.27. The molecule has 21 heavy (non-hydrogen) atoms. The second-order valence-corrected chi connectivity index (χ2v) is 6.71. The van der Waals surface area contributed by atoms with E-state index in [-0.39, 0.29) is 0 Å². The Bertz CT molecular complexity index is 642. The summed E-state index contributed by atoms with van der Waals surface area (Å²) in [6, 6.07) is 0. The molecule has 4 rings (SSSR count). The van der Waals surface area contributed by atoms with Crippen molar-refractivity contribution in [3.8, 4) is 0 Å². The van der Waals surface area contributed by atoms with Gasteiger partial charge in [-0.2, -0.15) is 4.37 Å². The Morgan fingerprint density at radius 2 is 1.81 bits per heavy atom. The third kappa shape index (κ3) is 2.25. The van der Waals surface area contributed by atoms with Crippen molar-refractivity contribution in [2.24, 2.45) is 11.8 Å². The van der Waals surface area contributed by atoms with Crippen molar-refractivity contribution >= 4 is 22.5 Å². The lowest BCUT2D eigenvalue weighted by Crippen LogP contribution is -2.29. The van der Waals surface area contributed by atoms with Crippen molar-refractivity contribution in [1.82, 2.24) is 19.3 Å². The van der Waals surface area contributed by atoms with E-state index in [0.29, 0.717) is 11.8 Å². The summed E-state index contributed by atoms with van der Waals surface area (Å²) in [4.78, 5) is 17.8. The van der Waals surface area contributed by atoms with E-state index in [1.165, 1.54) is 11.5 Å². The average Bonchev–Trinajstić information content (AvgIpc) is 3.12. The number of hydrogen-bond acceptors (Lipinski definition) is 7. The minimum atomic E-state index is 0.698. The van der Waals surface area contributed by atoms with Crippen LogP contribution in [0.15, 0.2) is 12.5 Å². The first-order valence-corrected chi connectivity index (χ1v) is 8.05. The zero-order valence-electron chi connectivity index (χ0n) is 12.2. The molecule has 0 N–H and O–H groups in total. The molecule has 0 radical (unpaired) electrons. The predicted molar refractivity (Wildman–Crippen MR) is 82.8 cm³/mol.